The molecule has 0 spiro atoms. The minimum Gasteiger partial charge on any atom is -0.303 e. The number of aryl methyl sites for hydroxylation is 1. The highest BCUT2D eigenvalue weighted by Crippen LogP contribution is 2.21. The minimum atomic E-state index is 0.787. The van der Waals surface area contributed by atoms with Crippen molar-refractivity contribution in [3.63, 3.8) is 0 Å². The maximum atomic E-state index is 5.53. The molecule has 20 heavy (non-hydrogen) atoms. The molecule has 0 bridgehead atoms. The number of rotatable bonds is 3. The number of nitrogens with zero attached hydrogens (tertiary/aromatic N) is 4. The van der Waals surface area contributed by atoms with Gasteiger partial charge in [0.15, 0.2) is 10.6 Å². The summed E-state index contributed by atoms with van der Waals surface area (Å²) in [5, 5.41) is 4.74. The van der Waals surface area contributed by atoms with E-state index in [1.54, 1.807) is 0 Å². The van der Waals surface area contributed by atoms with Gasteiger partial charge >= 0.3 is 0 Å². The normalized spacial score (nSPS) is 15.9. The van der Waals surface area contributed by atoms with Crippen LogP contribution in [0.5, 0.6) is 0 Å². The van der Waals surface area contributed by atoms with Crippen LogP contribution in [-0.4, -0.2) is 32.3 Å². The Bertz CT molecular complexity index is 665. The van der Waals surface area contributed by atoms with Crippen molar-refractivity contribution in [2.45, 2.75) is 26.4 Å². The molecule has 0 atom stereocenters. The average Bonchev–Trinajstić information content (AvgIpc) is 3.04. The van der Waals surface area contributed by atoms with Crippen LogP contribution in [0.3, 0.4) is 0 Å². The van der Waals surface area contributed by atoms with Gasteiger partial charge in [-0.3, -0.25) is 4.90 Å². The first kappa shape index (κ1) is 13.5. The van der Waals surface area contributed by atoms with Gasteiger partial charge in [0.2, 0.25) is 0 Å². The summed E-state index contributed by atoms with van der Waals surface area (Å²) >= 11 is 5.53. The van der Waals surface area contributed by atoms with Crippen LogP contribution < -0.4 is 0 Å². The second-order valence-electron chi connectivity index (χ2n) is 5.45. The van der Waals surface area contributed by atoms with Crippen LogP contribution in [0.1, 0.15) is 18.4 Å². The molecule has 5 heteroatoms. The molecule has 3 rings (SSSR count). The molecule has 0 N–H and O–H groups in total. The van der Waals surface area contributed by atoms with Gasteiger partial charge in [-0.05, 0) is 50.6 Å². The van der Waals surface area contributed by atoms with E-state index in [2.05, 4.69) is 30.0 Å². The lowest BCUT2D eigenvalue weighted by Crippen LogP contribution is -2.23. The average molecular weight is 288 g/mol. The monoisotopic (exact) mass is 288 g/mol. The quantitative estimate of drug-likeness (QED) is 0.812. The van der Waals surface area contributed by atoms with Crippen LogP contribution >= 0.6 is 12.2 Å². The second-order valence-corrected chi connectivity index (χ2v) is 5.81. The molecule has 0 radical (unpaired) electrons. The van der Waals surface area contributed by atoms with Gasteiger partial charge in [-0.1, -0.05) is 24.3 Å². The van der Waals surface area contributed by atoms with Crippen molar-refractivity contribution in [1.82, 2.24) is 19.2 Å². The zero-order valence-electron chi connectivity index (χ0n) is 12.0. The van der Waals surface area contributed by atoms with Crippen molar-refractivity contribution in [3.05, 3.63) is 34.6 Å². The Morgan fingerprint density at radius 1 is 1.20 bits per heavy atom. The van der Waals surface area contributed by atoms with E-state index in [4.69, 9.17) is 17.3 Å². The van der Waals surface area contributed by atoms with Crippen LogP contribution in [0.15, 0.2) is 24.3 Å². The fourth-order valence-corrected chi connectivity index (χ4v) is 2.94. The molecule has 1 aliphatic heterocycles. The predicted octanol–water partition coefficient (Wildman–Crippen LogP) is 2.98. The number of likely N-dealkylation sites (tertiary alicyclic amines) is 1. The number of hydrogen-bond acceptors (Lipinski definition) is 3. The first-order chi connectivity index (χ1) is 9.66. The Balaban J connectivity index is 1.97. The fraction of sp³-hybridized carbons (Fsp3) is 0.467. The third kappa shape index (κ3) is 2.43. The molecule has 0 amide bonds. The molecule has 1 saturated heterocycles. The van der Waals surface area contributed by atoms with Crippen molar-refractivity contribution in [2.24, 2.45) is 7.05 Å². The second kappa shape index (κ2) is 5.50. The molecule has 1 aliphatic rings. The summed E-state index contributed by atoms with van der Waals surface area (Å²) < 4.78 is 4.74. The molecule has 1 aromatic carbocycles. The lowest BCUT2D eigenvalue weighted by molar-refractivity contribution is 0.253. The van der Waals surface area contributed by atoms with Gasteiger partial charge in [0.1, 0.15) is 0 Å². The van der Waals surface area contributed by atoms with E-state index >= 15 is 0 Å². The standard InChI is InChI=1S/C15H20N4S/c1-12-7-3-4-8-13(12)14-16-19(15(20)17(14)2)11-18-9-5-6-10-18/h3-4,7-8H,5-6,9-11H2,1-2H3. The number of hydrogen-bond donors (Lipinski definition) is 0. The van der Waals surface area contributed by atoms with Crippen LogP contribution in [0.4, 0.5) is 0 Å². The van der Waals surface area contributed by atoms with E-state index in [1.165, 1.54) is 18.4 Å². The van der Waals surface area contributed by atoms with Crippen molar-refractivity contribution in [2.75, 3.05) is 13.1 Å². The highest BCUT2D eigenvalue weighted by molar-refractivity contribution is 7.71. The number of aromatic nitrogens is 3. The van der Waals surface area contributed by atoms with E-state index in [0.29, 0.717) is 0 Å². The van der Waals surface area contributed by atoms with E-state index in [1.807, 2.05) is 22.4 Å². The Labute approximate surface area is 124 Å². The molecule has 0 unspecified atom stereocenters. The number of benzene rings is 1. The zero-order chi connectivity index (χ0) is 14.1. The SMILES string of the molecule is Cc1ccccc1-c1nn(CN2CCCC2)c(=S)n1C. The zero-order valence-corrected chi connectivity index (χ0v) is 12.9. The van der Waals surface area contributed by atoms with Crippen LogP contribution in [-0.2, 0) is 13.7 Å². The summed E-state index contributed by atoms with van der Waals surface area (Å²) in [7, 11) is 2.00. The van der Waals surface area contributed by atoms with E-state index in [0.717, 1.165) is 35.9 Å². The molecular weight excluding hydrogens is 268 g/mol. The van der Waals surface area contributed by atoms with Crippen LogP contribution in [0.25, 0.3) is 11.4 Å². The summed E-state index contributed by atoms with van der Waals surface area (Å²) in [5.74, 6) is 0.951. The lowest BCUT2D eigenvalue weighted by Gasteiger charge is -2.13. The molecule has 1 aromatic heterocycles. The smallest absolute Gasteiger partial charge is 0.199 e. The van der Waals surface area contributed by atoms with Gasteiger partial charge in [0.25, 0.3) is 0 Å². The van der Waals surface area contributed by atoms with Crippen molar-refractivity contribution >= 4 is 12.2 Å². The summed E-state index contributed by atoms with van der Waals surface area (Å²) in [5.41, 5.74) is 2.38. The maximum absolute atomic E-state index is 5.53. The molecule has 2 heterocycles. The largest absolute Gasteiger partial charge is 0.303 e. The highest BCUT2D eigenvalue weighted by Gasteiger charge is 2.16. The molecule has 4 nitrogen and oxygen atoms in total. The molecule has 0 saturated carbocycles. The lowest BCUT2D eigenvalue weighted by atomic mass is 10.1. The van der Waals surface area contributed by atoms with Crippen molar-refractivity contribution < 1.29 is 0 Å². The Kier molecular flexibility index (Phi) is 3.72. The predicted molar refractivity (Wildman–Crippen MR) is 83.0 cm³/mol. The van der Waals surface area contributed by atoms with Gasteiger partial charge in [0.05, 0.1) is 6.67 Å². The fourth-order valence-electron chi connectivity index (χ4n) is 2.75. The Hall–Kier alpha value is -1.46. The summed E-state index contributed by atoms with van der Waals surface area (Å²) in [6, 6.07) is 8.31. The minimum absolute atomic E-state index is 0.787. The topological polar surface area (TPSA) is 26.0 Å². The third-order valence-corrected chi connectivity index (χ3v) is 4.44. The van der Waals surface area contributed by atoms with Crippen molar-refractivity contribution in [3.8, 4) is 11.4 Å². The summed E-state index contributed by atoms with van der Waals surface area (Å²) in [4.78, 5) is 2.41. The van der Waals surface area contributed by atoms with Gasteiger partial charge in [-0.25, -0.2) is 4.68 Å². The molecule has 0 aliphatic carbocycles. The first-order valence-corrected chi connectivity index (χ1v) is 7.50. The van der Waals surface area contributed by atoms with Gasteiger partial charge in [-0.15, -0.1) is 0 Å². The molecular formula is C15H20N4S. The summed E-state index contributed by atoms with van der Waals surface area (Å²) in [6.45, 7) is 5.21. The van der Waals surface area contributed by atoms with Crippen LogP contribution in [0.2, 0.25) is 0 Å². The summed E-state index contributed by atoms with van der Waals surface area (Å²) in [6.07, 6.45) is 2.57. The van der Waals surface area contributed by atoms with E-state index < -0.39 is 0 Å². The van der Waals surface area contributed by atoms with Crippen LogP contribution in [0, 0.1) is 11.7 Å². The molecule has 2 aromatic rings. The maximum Gasteiger partial charge on any atom is 0.199 e. The Morgan fingerprint density at radius 2 is 1.90 bits per heavy atom. The van der Waals surface area contributed by atoms with Gasteiger partial charge in [-0.2, -0.15) is 5.10 Å². The third-order valence-electron chi connectivity index (χ3n) is 3.96. The Morgan fingerprint density at radius 3 is 2.60 bits per heavy atom. The molecule has 1 fully saturated rings. The van der Waals surface area contributed by atoms with E-state index in [-0.39, 0.29) is 0 Å². The van der Waals surface area contributed by atoms with E-state index in [9.17, 15) is 0 Å². The van der Waals surface area contributed by atoms with Gasteiger partial charge in [0, 0.05) is 12.6 Å². The van der Waals surface area contributed by atoms with Gasteiger partial charge < -0.3 is 4.57 Å². The first-order valence-electron chi connectivity index (χ1n) is 7.09. The molecule has 106 valence electrons. The van der Waals surface area contributed by atoms with Crippen molar-refractivity contribution in [1.29, 1.82) is 0 Å². The highest BCUT2D eigenvalue weighted by atomic mass is 32.1.